The number of hydrogen-bond donors (Lipinski definition) is 1. The number of aryl methyl sites for hydroxylation is 1. The van der Waals surface area contributed by atoms with E-state index in [-0.39, 0.29) is 5.91 Å². The summed E-state index contributed by atoms with van der Waals surface area (Å²) < 4.78 is 13.1. The van der Waals surface area contributed by atoms with E-state index in [0.29, 0.717) is 37.7 Å². The highest BCUT2D eigenvalue weighted by molar-refractivity contribution is 5.78. The van der Waals surface area contributed by atoms with Gasteiger partial charge in [0.2, 0.25) is 5.91 Å². The molecule has 0 fully saturated rings. The van der Waals surface area contributed by atoms with Crippen molar-refractivity contribution in [2.75, 3.05) is 13.2 Å². The van der Waals surface area contributed by atoms with Crippen molar-refractivity contribution in [3.8, 4) is 11.5 Å². The van der Waals surface area contributed by atoms with Crippen LogP contribution in [0.25, 0.3) is 0 Å². The van der Waals surface area contributed by atoms with Crippen molar-refractivity contribution in [3.05, 3.63) is 41.2 Å². The molecule has 0 saturated carbocycles. The molecule has 6 nitrogen and oxygen atoms in total. The second-order valence-corrected chi connectivity index (χ2v) is 5.67. The average molecular weight is 345 g/mol. The Labute approximate surface area is 149 Å². The van der Waals surface area contributed by atoms with Gasteiger partial charge in [0, 0.05) is 24.3 Å². The lowest BCUT2D eigenvalue weighted by Gasteiger charge is -2.12. The zero-order valence-electron chi connectivity index (χ0n) is 15.5. The molecule has 1 N–H and O–H groups in total. The normalized spacial score (nSPS) is 10.6. The van der Waals surface area contributed by atoms with E-state index in [4.69, 9.17) is 9.47 Å². The van der Waals surface area contributed by atoms with Gasteiger partial charge in [-0.05, 0) is 45.4 Å². The molecule has 0 atom stereocenters. The Morgan fingerprint density at radius 3 is 2.52 bits per heavy atom. The monoisotopic (exact) mass is 345 g/mol. The van der Waals surface area contributed by atoms with Gasteiger partial charge >= 0.3 is 0 Å². The molecule has 0 aliphatic heterocycles. The van der Waals surface area contributed by atoms with Gasteiger partial charge in [0.25, 0.3) is 0 Å². The minimum atomic E-state index is -0.0322. The van der Waals surface area contributed by atoms with Crippen LogP contribution >= 0.6 is 0 Å². The summed E-state index contributed by atoms with van der Waals surface area (Å²) in [5, 5.41) is 7.24. The number of carbonyl (C=O) groups is 1. The van der Waals surface area contributed by atoms with Gasteiger partial charge in [-0.1, -0.05) is 6.07 Å². The molecular weight excluding hydrogens is 318 g/mol. The molecule has 2 aromatic rings. The van der Waals surface area contributed by atoms with Gasteiger partial charge in [-0.15, -0.1) is 0 Å². The second kappa shape index (κ2) is 9.11. The third-order valence-electron chi connectivity index (χ3n) is 3.95. The van der Waals surface area contributed by atoms with Crippen LogP contribution in [0.15, 0.2) is 24.4 Å². The Kier molecular flexibility index (Phi) is 6.86. The predicted molar refractivity (Wildman–Crippen MR) is 97.0 cm³/mol. The van der Waals surface area contributed by atoms with Gasteiger partial charge in [-0.25, -0.2) is 0 Å². The van der Waals surface area contributed by atoms with Gasteiger partial charge in [-0.3, -0.25) is 9.48 Å². The van der Waals surface area contributed by atoms with E-state index in [1.165, 1.54) is 0 Å². The first kappa shape index (κ1) is 18.8. The number of nitrogens with zero attached hydrogens (tertiary/aromatic N) is 2. The number of nitrogens with one attached hydrogen (secondary N) is 1. The summed E-state index contributed by atoms with van der Waals surface area (Å²) >= 11 is 0. The maximum atomic E-state index is 12.2. The molecule has 0 spiro atoms. The van der Waals surface area contributed by atoms with Gasteiger partial charge in [-0.2, -0.15) is 5.10 Å². The van der Waals surface area contributed by atoms with Gasteiger partial charge in [0.1, 0.15) is 0 Å². The summed E-state index contributed by atoms with van der Waals surface area (Å²) in [7, 11) is 0. The minimum Gasteiger partial charge on any atom is -0.490 e. The predicted octanol–water partition coefficient (Wildman–Crippen LogP) is 2.87. The molecule has 0 aliphatic rings. The van der Waals surface area contributed by atoms with Crippen LogP contribution in [0.2, 0.25) is 0 Å². The van der Waals surface area contributed by atoms with Gasteiger partial charge in [0.15, 0.2) is 11.5 Å². The Morgan fingerprint density at radius 2 is 1.88 bits per heavy atom. The van der Waals surface area contributed by atoms with Gasteiger partial charge < -0.3 is 14.8 Å². The molecule has 136 valence electrons. The highest BCUT2D eigenvalue weighted by Gasteiger charge is 2.11. The van der Waals surface area contributed by atoms with E-state index >= 15 is 0 Å². The first-order chi connectivity index (χ1) is 12.1. The lowest BCUT2D eigenvalue weighted by molar-refractivity contribution is -0.120. The Balaban J connectivity index is 1.97. The zero-order valence-corrected chi connectivity index (χ0v) is 15.5. The quantitative estimate of drug-likeness (QED) is 0.759. The highest BCUT2D eigenvalue weighted by Crippen LogP contribution is 2.28. The first-order valence-corrected chi connectivity index (χ1v) is 8.75. The lowest BCUT2D eigenvalue weighted by atomic mass is 10.1. The Hall–Kier alpha value is -2.50. The summed E-state index contributed by atoms with van der Waals surface area (Å²) in [5.41, 5.74) is 3.02. The maximum Gasteiger partial charge on any atom is 0.224 e. The van der Waals surface area contributed by atoms with Crippen molar-refractivity contribution >= 4 is 5.91 Å². The molecule has 0 unspecified atom stereocenters. The number of benzene rings is 1. The third-order valence-corrected chi connectivity index (χ3v) is 3.95. The van der Waals surface area contributed by atoms with E-state index in [2.05, 4.69) is 10.4 Å². The van der Waals surface area contributed by atoms with E-state index < -0.39 is 0 Å². The molecule has 0 aliphatic carbocycles. The van der Waals surface area contributed by atoms with Crippen LogP contribution in [0.5, 0.6) is 11.5 Å². The van der Waals surface area contributed by atoms with Crippen LogP contribution in [-0.4, -0.2) is 28.9 Å². The number of ether oxygens (including phenoxy) is 2. The fraction of sp³-hybridized carbons (Fsp3) is 0.474. The molecule has 2 rings (SSSR count). The highest BCUT2D eigenvalue weighted by atomic mass is 16.5. The molecular formula is C19H27N3O3. The number of amides is 1. The topological polar surface area (TPSA) is 65.4 Å². The molecule has 1 aromatic heterocycles. The molecule has 0 bridgehead atoms. The summed E-state index contributed by atoms with van der Waals surface area (Å²) in [6.45, 7) is 10.4. The fourth-order valence-electron chi connectivity index (χ4n) is 2.62. The van der Waals surface area contributed by atoms with Crippen molar-refractivity contribution in [3.63, 3.8) is 0 Å². The average Bonchev–Trinajstić information content (AvgIpc) is 2.95. The second-order valence-electron chi connectivity index (χ2n) is 5.67. The van der Waals surface area contributed by atoms with Crippen LogP contribution in [0.3, 0.4) is 0 Å². The standard InChI is InChI=1S/C19H27N3O3/c1-5-22-14(4)16(13-21-22)12-20-19(23)11-15-8-9-17(24-6-2)18(10-15)25-7-3/h8-10,13H,5-7,11-12H2,1-4H3,(H,20,23). The van der Waals surface area contributed by atoms with Crippen molar-refractivity contribution in [2.24, 2.45) is 0 Å². The SMILES string of the molecule is CCOc1ccc(CC(=O)NCc2cnn(CC)c2C)cc1OCC. The van der Waals surface area contributed by atoms with E-state index in [1.54, 1.807) is 0 Å². The number of carbonyl (C=O) groups excluding carboxylic acids is 1. The van der Waals surface area contributed by atoms with Crippen LogP contribution < -0.4 is 14.8 Å². The van der Waals surface area contributed by atoms with Crippen LogP contribution in [-0.2, 0) is 24.3 Å². The van der Waals surface area contributed by atoms with Crippen LogP contribution in [0.1, 0.15) is 37.6 Å². The molecule has 1 aromatic carbocycles. The van der Waals surface area contributed by atoms with Gasteiger partial charge in [0.05, 0.1) is 25.8 Å². The van der Waals surface area contributed by atoms with Crippen LogP contribution in [0, 0.1) is 6.92 Å². The Morgan fingerprint density at radius 1 is 1.16 bits per heavy atom. The molecule has 1 amide bonds. The van der Waals surface area contributed by atoms with E-state index in [1.807, 2.05) is 56.8 Å². The van der Waals surface area contributed by atoms with Crippen LogP contribution in [0.4, 0.5) is 0 Å². The molecule has 1 heterocycles. The fourth-order valence-corrected chi connectivity index (χ4v) is 2.62. The number of hydrogen-bond acceptors (Lipinski definition) is 4. The zero-order chi connectivity index (χ0) is 18.2. The lowest BCUT2D eigenvalue weighted by Crippen LogP contribution is -2.24. The van der Waals surface area contributed by atoms with E-state index in [0.717, 1.165) is 23.4 Å². The molecule has 6 heteroatoms. The first-order valence-electron chi connectivity index (χ1n) is 8.75. The largest absolute Gasteiger partial charge is 0.490 e. The summed E-state index contributed by atoms with van der Waals surface area (Å²) in [5.74, 6) is 1.35. The summed E-state index contributed by atoms with van der Waals surface area (Å²) in [4.78, 5) is 12.2. The number of aromatic nitrogens is 2. The van der Waals surface area contributed by atoms with Crippen molar-refractivity contribution < 1.29 is 14.3 Å². The number of rotatable bonds is 9. The smallest absolute Gasteiger partial charge is 0.224 e. The van der Waals surface area contributed by atoms with E-state index in [9.17, 15) is 4.79 Å². The summed E-state index contributed by atoms with van der Waals surface area (Å²) in [6, 6.07) is 5.62. The molecule has 0 saturated heterocycles. The maximum absolute atomic E-state index is 12.2. The van der Waals surface area contributed by atoms with Crippen molar-refractivity contribution in [1.82, 2.24) is 15.1 Å². The Bertz CT molecular complexity index is 710. The summed E-state index contributed by atoms with van der Waals surface area (Å²) in [6.07, 6.45) is 2.11. The molecule has 25 heavy (non-hydrogen) atoms. The van der Waals surface area contributed by atoms with Crippen molar-refractivity contribution in [2.45, 2.75) is 47.2 Å². The molecule has 0 radical (unpaired) electrons. The minimum absolute atomic E-state index is 0.0322. The third kappa shape index (κ3) is 4.98. The van der Waals surface area contributed by atoms with Crippen molar-refractivity contribution in [1.29, 1.82) is 0 Å².